The summed E-state index contributed by atoms with van der Waals surface area (Å²) in [6.45, 7) is 2.07. The lowest BCUT2D eigenvalue weighted by atomic mass is 10.1. The molecule has 5 heteroatoms. The maximum Gasteiger partial charge on any atom is 0.271 e. The van der Waals surface area contributed by atoms with Gasteiger partial charge in [-0.05, 0) is 31.4 Å². The third-order valence-corrected chi connectivity index (χ3v) is 3.59. The molecule has 0 bridgehead atoms. The first-order chi connectivity index (χ1) is 10.1. The third kappa shape index (κ3) is 4.46. The van der Waals surface area contributed by atoms with Crippen molar-refractivity contribution in [2.75, 3.05) is 5.32 Å². The normalized spacial score (nSPS) is 11.9. The number of aryl methyl sites for hydroxylation is 1. The van der Waals surface area contributed by atoms with Crippen LogP contribution in [0.1, 0.15) is 18.9 Å². The molecule has 0 radical (unpaired) electrons. The lowest BCUT2D eigenvalue weighted by Crippen LogP contribution is -2.16. The second-order valence-electron chi connectivity index (χ2n) is 4.99. The van der Waals surface area contributed by atoms with Crippen LogP contribution in [-0.4, -0.2) is 11.0 Å². The number of non-ortho nitro benzene ring substituents is 1. The zero-order chi connectivity index (χ0) is 15.2. The van der Waals surface area contributed by atoms with E-state index in [0.29, 0.717) is 5.02 Å². The van der Waals surface area contributed by atoms with Crippen molar-refractivity contribution in [2.24, 2.45) is 0 Å². The second-order valence-corrected chi connectivity index (χ2v) is 5.40. The van der Waals surface area contributed by atoms with Crippen molar-refractivity contribution in [1.82, 2.24) is 0 Å². The molecular formula is C16H17ClN2O2. The van der Waals surface area contributed by atoms with Gasteiger partial charge in [-0.2, -0.15) is 0 Å². The average Bonchev–Trinajstić information content (AvgIpc) is 2.48. The van der Waals surface area contributed by atoms with Crippen molar-refractivity contribution < 1.29 is 4.92 Å². The number of nitrogens with one attached hydrogen (secondary N) is 1. The number of hydrogen-bond acceptors (Lipinski definition) is 3. The minimum atomic E-state index is -0.450. The number of anilines is 1. The number of halogens is 1. The molecule has 1 N–H and O–H groups in total. The molecule has 4 nitrogen and oxygen atoms in total. The van der Waals surface area contributed by atoms with E-state index in [-0.39, 0.29) is 11.7 Å². The van der Waals surface area contributed by atoms with Gasteiger partial charge in [-0.25, -0.2) is 0 Å². The van der Waals surface area contributed by atoms with E-state index in [2.05, 4.69) is 24.4 Å². The molecular weight excluding hydrogens is 288 g/mol. The third-order valence-electron chi connectivity index (χ3n) is 3.27. The maximum atomic E-state index is 10.7. The number of benzene rings is 2. The summed E-state index contributed by atoms with van der Waals surface area (Å²) in [4.78, 5) is 10.2. The number of nitrogens with zero attached hydrogens (tertiary/aromatic N) is 1. The molecule has 2 aromatic carbocycles. The van der Waals surface area contributed by atoms with Gasteiger partial charge in [0.05, 0.1) is 15.6 Å². The first-order valence-electron chi connectivity index (χ1n) is 6.80. The fraction of sp³-hybridized carbons (Fsp3) is 0.250. The van der Waals surface area contributed by atoms with Gasteiger partial charge in [0.2, 0.25) is 0 Å². The Morgan fingerprint density at radius 2 is 1.95 bits per heavy atom. The van der Waals surface area contributed by atoms with E-state index in [1.165, 1.54) is 17.7 Å². The van der Waals surface area contributed by atoms with Gasteiger partial charge < -0.3 is 5.32 Å². The summed E-state index contributed by atoms with van der Waals surface area (Å²) >= 11 is 6.07. The van der Waals surface area contributed by atoms with E-state index in [4.69, 9.17) is 11.6 Å². The summed E-state index contributed by atoms with van der Waals surface area (Å²) in [5, 5.41) is 14.3. The molecule has 0 saturated carbocycles. The highest BCUT2D eigenvalue weighted by Crippen LogP contribution is 2.27. The smallest absolute Gasteiger partial charge is 0.271 e. The van der Waals surface area contributed by atoms with Gasteiger partial charge in [-0.1, -0.05) is 41.9 Å². The highest BCUT2D eigenvalue weighted by atomic mass is 35.5. The zero-order valence-corrected chi connectivity index (χ0v) is 12.5. The monoisotopic (exact) mass is 304 g/mol. The molecule has 1 unspecified atom stereocenters. The Morgan fingerprint density at radius 1 is 1.24 bits per heavy atom. The molecule has 0 saturated heterocycles. The van der Waals surface area contributed by atoms with Gasteiger partial charge in [-0.3, -0.25) is 10.1 Å². The Kier molecular flexibility index (Phi) is 5.17. The summed E-state index contributed by atoms with van der Waals surface area (Å²) < 4.78 is 0. The van der Waals surface area contributed by atoms with Gasteiger partial charge in [0.15, 0.2) is 0 Å². The molecule has 1 atom stereocenters. The van der Waals surface area contributed by atoms with Crippen LogP contribution < -0.4 is 5.32 Å². The minimum absolute atomic E-state index is 0.00230. The van der Waals surface area contributed by atoms with E-state index in [9.17, 15) is 10.1 Å². The Labute approximate surface area is 128 Å². The van der Waals surface area contributed by atoms with E-state index >= 15 is 0 Å². The average molecular weight is 305 g/mol. The topological polar surface area (TPSA) is 55.2 Å². The Bertz CT molecular complexity index is 617. The lowest BCUT2D eigenvalue weighted by Gasteiger charge is -2.16. The Balaban J connectivity index is 1.93. The van der Waals surface area contributed by atoms with Crippen molar-refractivity contribution in [3.63, 3.8) is 0 Å². The Hall–Kier alpha value is -2.07. The van der Waals surface area contributed by atoms with Gasteiger partial charge in [0.1, 0.15) is 0 Å². The summed E-state index contributed by atoms with van der Waals surface area (Å²) in [6, 6.07) is 15.0. The Morgan fingerprint density at radius 3 is 2.57 bits per heavy atom. The van der Waals surface area contributed by atoms with Gasteiger partial charge in [-0.15, -0.1) is 0 Å². The fourth-order valence-electron chi connectivity index (χ4n) is 2.10. The fourth-order valence-corrected chi connectivity index (χ4v) is 2.33. The van der Waals surface area contributed by atoms with E-state index in [1.54, 1.807) is 6.07 Å². The van der Waals surface area contributed by atoms with Crippen molar-refractivity contribution in [3.8, 4) is 0 Å². The van der Waals surface area contributed by atoms with Crippen molar-refractivity contribution in [2.45, 2.75) is 25.8 Å². The summed E-state index contributed by atoms with van der Waals surface area (Å²) in [5.74, 6) is 0. The van der Waals surface area contributed by atoms with E-state index < -0.39 is 4.92 Å². The molecule has 0 amide bonds. The maximum absolute atomic E-state index is 10.7. The number of rotatable bonds is 6. The van der Waals surface area contributed by atoms with Crippen LogP contribution in [0.15, 0.2) is 48.5 Å². The van der Waals surface area contributed by atoms with Crippen LogP contribution >= 0.6 is 11.6 Å². The van der Waals surface area contributed by atoms with Gasteiger partial charge >= 0.3 is 0 Å². The van der Waals surface area contributed by atoms with Gasteiger partial charge in [0.25, 0.3) is 5.69 Å². The molecule has 21 heavy (non-hydrogen) atoms. The van der Waals surface area contributed by atoms with Crippen LogP contribution in [0.3, 0.4) is 0 Å². The highest BCUT2D eigenvalue weighted by molar-refractivity contribution is 6.33. The number of hydrogen-bond donors (Lipinski definition) is 1. The number of nitro benzene ring substituents is 1. The number of nitro groups is 1. The van der Waals surface area contributed by atoms with E-state index in [0.717, 1.165) is 18.5 Å². The van der Waals surface area contributed by atoms with Crippen LogP contribution in [0.5, 0.6) is 0 Å². The SMILES string of the molecule is CC(CCc1ccccc1)Nc1ccc([N+](=O)[O-])cc1Cl. The largest absolute Gasteiger partial charge is 0.381 e. The molecule has 0 aliphatic carbocycles. The van der Waals surface area contributed by atoms with Crippen molar-refractivity contribution in [3.05, 3.63) is 69.2 Å². The molecule has 0 aromatic heterocycles. The quantitative estimate of drug-likeness (QED) is 0.622. The molecule has 0 aliphatic rings. The summed E-state index contributed by atoms with van der Waals surface area (Å²) in [6.07, 6.45) is 1.93. The van der Waals surface area contributed by atoms with E-state index in [1.807, 2.05) is 18.2 Å². The lowest BCUT2D eigenvalue weighted by molar-refractivity contribution is -0.384. The zero-order valence-electron chi connectivity index (χ0n) is 11.8. The summed E-state index contributed by atoms with van der Waals surface area (Å²) in [7, 11) is 0. The molecule has 2 rings (SSSR count). The predicted octanol–water partition coefficient (Wildman–Crippen LogP) is 4.68. The van der Waals surface area contributed by atoms with Crippen molar-refractivity contribution in [1.29, 1.82) is 0 Å². The minimum Gasteiger partial charge on any atom is -0.381 e. The van der Waals surface area contributed by atoms with Crippen molar-refractivity contribution >= 4 is 23.0 Å². The van der Waals surface area contributed by atoms with Gasteiger partial charge in [0, 0.05) is 18.2 Å². The predicted molar refractivity (Wildman–Crippen MR) is 86.0 cm³/mol. The molecule has 0 spiro atoms. The van der Waals surface area contributed by atoms with Crippen LogP contribution in [0.2, 0.25) is 5.02 Å². The molecule has 2 aromatic rings. The molecule has 0 heterocycles. The standard InChI is InChI=1S/C16H17ClN2O2/c1-12(7-8-13-5-3-2-4-6-13)18-16-10-9-14(19(20)21)11-15(16)17/h2-6,9-12,18H,7-8H2,1H3. The van der Waals surface area contributed by atoms with Crippen LogP contribution in [0, 0.1) is 10.1 Å². The molecule has 110 valence electrons. The molecule has 0 aliphatic heterocycles. The highest BCUT2D eigenvalue weighted by Gasteiger charge is 2.11. The summed E-state index contributed by atoms with van der Waals surface area (Å²) in [5.41, 5.74) is 2.02. The first-order valence-corrected chi connectivity index (χ1v) is 7.18. The first kappa shape index (κ1) is 15.3. The molecule has 0 fully saturated rings. The second kappa shape index (κ2) is 7.09. The van der Waals surface area contributed by atoms with Crippen LogP contribution in [0.4, 0.5) is 11.4 Å². The van der Waals surface area contributed by atoms with Crippen LogP contribution in [0.25, 0.3) is 0 Å². The van der Waals surface area contributed by atoms with Crippen LogP contribution in [-0.2, 0) is 6.42 Å².